The summed E-state index contributed by atoms with van der Waals surface area (Å²) in [6, 6.07) is 5.13. The lowest BCUT2D eigenvalue weighted by molar-refractivity contribution is -0.143. The van der Waals surface area contributed by atoms with Gasteiger partial charge in [-0.15, -0.1) is 0 Å². The highest BCUT2D eigenvalue weighted by Crippen LogP contribution is 2.25. The molecular weight excluding hydrogens is 348 g/mol. The summed E-state index contributed by atoms with van der Waals surface area (Å²) in [5, 5.41) is 0.767. The summed E-state index contributed by atoms with van der Waals surface area (Å²) in [7, 11) is 0. The number of carbonyl (C=O) groups excluding carboxylic acids is 2. The third-order valence-corrected chi connectivity index (χ3v) is 4.35. The zero-order valence-electron chi connectivity index (χ0n) is 16.5. The van der Waals surface area contributed by atoms with Crippen molar-refractivity contribution in [2.24, 2.45) is 5.41 Å². The van der Waals surface area contributed by atoms with Crippen LogP contribution >= 0.6 is 0 Å². The first-order valence-electron chi connectivity index (χ1n) is 9.01. The molecule has 1 aromatic heterocycles. The predicted octanol–water partition coefficient (Wildman–Crippen LogP) is 3.59. The first-order chi connectivity index (χ1) is 12.6. The molecule has 0 saturated carbocycles. The van der Waals surface area contributed by atoms with Crippen molar-refractivity contribution in [1.82, 2.24) is 0 Å². The van der Waals surface area contributed by atoms with E-state index >= 15 is 0 Å². The minimum absolute atomic E-state index is 0.0189. The van der Waals surface area contributed by atoms with E-state index in [1.54, 1.807) is 25.1 Å². The zero-order valence-corrected chi connectivity index (χ0v) is 16.5. The summed E-state index contributed by atoms with van der Waals surface area (Å²) in [5.41, 5.74) is 0.661. The molecule has 6 heteroatoms. The van der Waals surface area contributed by atoms with E-state index in [1.807, 2.05) is 27.7 Å². The first kappa shape index (κ1) is 20.7. The molecule has 0 amide bonds. The second-order valence-corrected chi connectivity index (χ2v) is 7.42. The molecule has 2 aromatic rings. The summed E-state index contributed by atoms with van der Waals surface area (Å²) < 4.78 is 15.9. The molecule has 0 atom stereocenters. The molecule has 27 heavy (non-hydrogen) atoms. The third kappa shape index (κ3) is 5.18. The molecule has 0 bridgehead atoms. The van der Waals surface area contributed by atoms with Gasteiger partial charge in [-0.25, -0.2) is 4.79 Å². The van der Waals surface area contributed by atoms with Crippen molar-refractivity contribution in [3.05, 3.63) is 39.7 Å². The van der Waals surface area contributed by atoms with E-state index in [1.165, 1.54) is 0 Å². The van der Waals surface area contributed by atoms with Crippen LogP contribution in [-0.4, -0.2) is 25.0 Å². The van der Waals surface area contributed by atoms with Gasteiger partial charge in [-0.2, -0.15) is 0 Å². The van der Waals surface area contributed by atoms with Crippen LogP contribution in [0.15, 0.2) is 27.4 Å². The summed E-state index contributed by atoms with van der Waals surface area (Å²) in [5.74, 6) is 0.0973. The number of aryl methyl sites for hydroxylation is 1. The highest BCUT2D eigenvalue weighted by molar-refractivity contribution is 5.85. The number of hydrogen-bond donors (Lipinski definition) is 0. The number of fused-ring (bicyclic) bond motifs is 1. The number of rotatable bonds is 7. The summed E-state index contributed by atoms with van der Waals surface area (Å²) >= 11 is 0. The molecule has 0 aliphatic rings. The highest BCUT2D eigenvalue weighted by Gasteiger charge is 2.21. The lowest BCUT2D eigenvalue weighted by Gasteiger charge is -2.17. The predicted molar refractivity (Wildman–Crippen MR) is 102 cm³/mol. The van der Waals surface area contributed by atoms with Gasteiger partial charge < -0.3 is 13.9 Å². The molecule has 1 heterocycles. The fraction of sp³-hybridized carbons (Fsp3) is 0.476. The standard InChI is InChI=1S/C21H26O6/c1-6-25-19(23)10-9-16-13(2)15-8-7-14(11-17(15)27-20(16)24)26-12-18(22)21(3,4)5/h7-8,11H,6,9-10,12H2,1-5H3. The van der Waals surface area contributed by atoms with Crippen molar-refractivity contribution in [2.45, 2.75) is 47.5 Å². The van der Waals surface area contributed by atoms with Crippen molar-refractivity contribution in [2.75, 3.05) is 13.2 Å². The Hall–Kier alpha value is -2.63. The molecule has 0 N–H and O–H groups in total. The minimum atomic E-state index is -0.479. The van der Waals surface area contributed by atoms with Gasteiger partial charge in [0.1, 0.15) is 17.9 Å². The second kappa shape index (κ2) is 8.37. The van der Waals surface area contributed by atoms with Crippen LogP contribution in [0, 0.1) is 12.3 Å². The van der Waals surface area contributed by atoms with Crippen LogP contribution in [0.5, 0.6) is 5.75 Å². The number of esters is 1. The van der Waals surface area contributed by atoms with Crippen LogP contribution in [-0.2, 0) is 20.7 Å². The molecule has 0 radical (unpaired) electrons. The van der Waals surface area contributed by atoms with Crippen LogP contribution in [0.1, 0.15) is 45.2 Å². The Morgan fingerprint density at radius 3 is 2.52 bits per heavy atom. The van der Waals surface area contributed by atoms with E-state index in [9.17, 15) is 14.4 Å². The largest absolute Gasteiger partial charge is 0.486 e. The smallest absolute Gasteiger partial charge is 0.339 e. The molecule has 0 aliphatic heterocycles. The Bertz CT molecular complexity index is 901. The molecule has 6 nitrogen and oxygen atoms in total. The van der Waals surface area contributed by atoms with E-state index in [0.29, 0.717) is 23.5 Å². The Balaban J connectivity index is 2.23. The van der Waals surface area contributed by atoms with Crippen LogP contribution in [0.3, 0.4) is 0 Å². The molecule has 0 unspecified atom stereocenters. The van der Waals surface area contributed by atoms with Gasteiger partial charge in [0.15, 0.2) is 5.78 Å². The maximum Gasteiger partial charge on any atom is 0.339 e. The lowest BCUT2D eigenvalue weighted by atomic mass is 9.91. The number of benzene rings is 1. The maximum atomic E-state index is 12.3. The molecule has 1 aromatic carbocycles. The number of hydrogen-bond acceptors (Lipinski definition) is 6. The summed E-state index contributed by atoms with van der Waals surface area (Å²) in [6.45, 7) is 9.32. The molecular formula is C21H26O6. The van der Waals surface area contributed by atoms with Crippen molar-refractivity contribution in [3.63, 3.8) is 0 Å². The van der Waals surface area contributed by atoms with E-state index in [2.05, 4.69) is 0 Å². The number of Topliss-reactive ketones (excluding diaryl/α,β-unsaturated/α-hetero) is 1. The van der Waals surface area contributed by atoms with Crippen molar-refractivity contribution in [1.29, 1.82) is 0 Å². The van der Waals surface area contributed by atoms with Gasteiger partial charge in [0.2, 0.25) is 0 Å². The molecule has 146 valence electrons. The third-order valence-electron chi connectivity index (χ3n) is 4.35. The molecule has 0 spiro atoms. The normalized spacial score (nSPS) is 11.4. The Morgan fingerprint density at radius 2 is 1.89 bits per heavy atom. The second-order valence-electron chi connectivity index (χ2n) is 7.42. The Labute approximate surface area is 158 Å². The SMILES string of the molecule is CCOC(=O)CCc1c(C)c2ccc(OCC(=O)C(C)(C)C)cc2oc1=O. The topological polar surface area (TPSA) is 82.8 Å². The molecule has 0 saturated heterocycles. The summed E-state index contributed by atoms with van der Waals surface area (Å²) in [4.78, 5) is 35.9. The fourth-order valence-corrected chi connectivity index (χ4v) is 2.58. The van der Waals surface area contributed by atoms with E-state index in [-0.39, 0.29) is 31.2 Å². The van der Waals surface area contributed by atoms with Gasteiger partial charge in [-0.3, -0.25) is 9.59 Å². The van der Waals surface area contributed by atoms with Gasteiger partial charge >= 0.3 is 11.6 Å². The minimum Gasteiger partial charge on any atom is -0.486 e. The number of carbonyl (C=O) groups is 2. The Kier molecular flexibility index (Phi) is 6.41. The van der Waals surface area contributed by atoms with Gasteiger partial charge in [0, 0.05) is 28.9 Å². The highest BCUT2D eigenvalue weighted by atomic mass is 16.5. The number of ether oxygens (including phenoxy) is 2. The van der Waals surface area contributed by atoms with Crippen LogP contribution < -0.4 is 10.4 Å². The van der Waals surface area contributed by atoms with Crippen molar-refractivity contribution in [3.8, 4) is 5.75 Å². The summed E-state index contributed by atoms with van der Waals surface area (Å²) in [6.07, 6.45) is 0.391. The van der Waals surface area contributed by atoms with Gasteiger partial charge in [-0.1, -0.05) is 20.8 Å². The molecule has 0 aliphatic carbocycles. The quantitative estimate of drug-likeness (QED) is 0.544. The van der Waals surface area contributed by atoms with Gasteiger partial charge in [0.05, 0.1) is 6.61 Å². The van der Waals surface area contributed by atoms with E-state index < -0.39 is 11.0 Å². The van der Waals surface area contributed by atoms with Gasteiger partial charge in [0.25, 0.3) is 0 Å². The van der Waals surface area contributed by atoms with Crippen LogP contribution in [0.25, 0.3) is 11.0 Å². The van der Waals surface area contributed by atoms with E-state index in [4.69, 9.17) is 13.9 Å². The zero-order chi connectivity index (χ0) is 20.2. The molecule has 2 rings (SSSR count). The average Bonchev–Trinajstić information content (AvgIpc) is 2.58. The maximum absolute atomic E-state index is 12.3. The lowest BCUT2D eigenvalue weighted by Crippen LogP contribution is -2.26. The van der Waals surface area contributed by atoms with E-state index in [0.717, 1.165) is 10.9 Å². The molecule has 0 fully saturated rings. The number of ketones is 1. The Morgan fingerprint density at radius 1 is 1.19 bits per heavy atom. The first-order valence-corrected chi connectivity index (χ1v) is 9.01. The van der Waals surface area contributed by atoms with Crippen molar-refractivity contribution < 1.29 is 23.5 Å². The average molecular weight is 374 g/mol. The fourth-order valence-electron chi connectivity index (χ4n) is 2.58. The van der Waals surface area contributed by atoms with Crippen LogP contribution in [0.2, 0.25) is 0 Å². The van der Waals surface area contributed by atoms with Crippen molar-refractivity contribution >= 4 is 22.7 Å². The monoisotopic (exact) mass is 374 g/mol. The van der Waals surface area contributed by atoms with Gasteiger partial charge in [-0.05, 0) is 38.0 Å². The van der Waals surface area contributed by atoms with Crippen LogP contribution in [0.4, 0.5) is 0 Å².